The van der Waals surface area contributed by atoms with E-state index in [0.717, 1.165) is 0 Å². The zero-order valence-electron chi connectivity index (χ0n) is 19.2. The van der Waals surface area contributed by atoms with Crippen LogP contribution < -0.4 is 18.9 Å². The van der Waals surface area contributed by atoms with Gasteiger partial charge in [-0.05, 0) is 48.9 Å². The minimum Gasteiger partial charge on any atom is -0.490 e. The van der Waals surface area contributed by atoms with Crippen LogP contribution in [0.5, 0.6) is 23.0 Å². The minimum atomic E-state index is -0.563. The first-order valence-corrected chi connectivity index (χ1v) is 11.3. The highest BCUT2D eigenvalue weighted by atomic mass is 16.7. The number of cyclic esters (lactones) is 1. The summed E-state index contributed by atoms with van der Waals surface area (Å²) >= 11 is 0. The molecule has 0 saturated carbocycles. The van der Waals surface area contributed by atoms with Gasteiger partial charge in [0.1, 0.15) is 0 Å². The van der Waals surface area contributed by atoms with Gasteiger partial charge in [-0.3, -0.25) is 4.79 Å². The summed E-state index contributed by atoms with van der Waals surface area (Å²) in [5.41, 5.74) is 1.42. The molecular weight excluding hydrogens is 456 g/mol. The van der Waals surface area contributed by atoms with Crippen molar-refractivity contribution >= 4 is 23.9 Å². The third-order valence-corrected chi connectivity index (χ3v) is 5.53. The first-order chi connectivity index (χ1) is 17.1. The fraction of sp³-hybridized carbons (Fsp3) is 0.320. The molecule has 0 bridgehead atoms. The third kappa shape index (κ3) is 5.07. The average molecular weight is 480 g/mol. The number of fused-ring (bicyclic) bond motifs is 1. The first-order valence-electron chi connectivity index (χ1n) is 11.3. The van der Waals surface area contributed by atoms with E-state index in [1.165, 1.54) is 0 Å². The quantitative estimate of drug-likeness (QED) is 0.440. The zero-order chi connectivity index (χ0) is 24.2. The fourth-order valence-electron chi connectivity index (χ4n) is 3.77. The number of benzene rings is 2. The lowest BCUT2D eigenvalue weighted by molar-refractivity contribution is -0.137. The van der Waals surface area contributed by atoms with Gasteiger partial charge in [0.05, 0.1) is 19.8 Å². The number of carbonyl (C=O) groups is 2. The van der Waals surface area contributed by atoms with Gasteiger partial charge in [0.2, 0.25) is 12.7 Å². The van der Waals surface area contributed by atoms with E-state index in [2.05, 4.69) is 4.99 Å². The van der Waals surface area contributed by atoms with Gasteiger partial charge < -0.3 is 33.3 Å². The van der Waals surface area contributed by atoms with Gasteiger partial charge in [0.25, 0.3) is 5.91 Å². The number of amides is 1. The molecule has 1 fully saturated rings. The molecule has 3 aliphatic rings. The Morgan fingerprint density at radius 2 is 1.89 bits per heavy atom. The van der Waals surface area contributed by atoms with Crippen LogP contribution in [0.3, 0.4) is 0 Å². The Morgan fingerprint density at radius 3 is 2.71 bits per heavy atom. The number of hydrogen-bond acceptors (Lipinski definition) is 9. The molecule has 10 heteroatoms. The largest absolute Gasteiger partial charge is 0.490 e. The number of ether oxygens (including phenoxy) is 6. The number of esters is 1. The van der Waals surface area contributed by atoms with E-state index in [9.17, 15) is 9.59 Å². The van der Waals surface area contributed by atoms with Crippen molar-refractivity contribution in [2.45, 2.75) is 6.92 Å². The van der Waals surface area contributed by atoms with Crippen LogP contribution in [0.25, 0.3) is 6.08 Å². The highest BCUT2D eigenvalue weighted by Crippen LogP contribution is 2.34. The van der Waals surface area contributed by atoms with E-state index < -0.39 is 5.97 Å². The van der Waals surface area contributed by atoms with Crippen LogP contribution in [0.4, 0.5) is 0 Å². The van der Waals surface area contributed by atoms with Gasteiger partial charge in [-0.2, -0.15) is 0 Å². The number of aliphatic imine (C=N–C) groups is 1. The molecule has 1 amide bonds. The van der Waals surface area contributed by atoms with E-state index in [-0.39, 0.29) is 30.9 Å². The molecule has 2 aromatic rings. The zero-order valence-corrected chi connectivity index (χ0v) is 19.2. The van der Waals surface area contributed by atoms with Crippen LogP contribution in [-0.4, -0.2) is 69.0 Å². The molecule has 5 rings (SSSR count). The van der Waals surface area contributed by atoms with E-state index in [4.69, 9.17) is 28.4 Å². The Hall–Kier alpha value is -4.05. The summed E-state index contributed by atoms with van der Waals surface area (Å²) in [6.45, 7) is 4.47. The monoisotopic (exact) mass is 480 g/mol. The molecular formula is C25H24N2O8. The molecule has 0 spiro atoms. The Kier molecular flexibility index (Phi) is 6.53. The standard InChI is InChI=1S/C25H24N2O8/c1-2-31-21-12-16(3-5-19(21)32-14-23(28)27-7-9-30-10-8-27)11-18-25(29)35-24(26-18)17-4-6-20-22(13-17)34-15-33-20/h3-6,11-13H,2,7-10,14-15H2,1H3. The molecule has 35 heavy (non-hydrogen) atoms. The Balaban J connectivity index is 1.31. The van der Waals surface area contributed by atoms with Crippen molar-refractivity contribution in [1.29, 1.82) is 0 Å². The lowest BCUT2D eigenvalue weighted by Gasteiger charge is -2.26. The predicted octanol–water partition coefficient (Wildman–Crippen LogP) is 2.40. The predicted molar refractivity (Wildman–Crippen MR) is 124 cm³/mol. The van der Waals surface area contributed by atoms with Crippen molar-refractivity contribution in [3.8, 4) is 23.0 Å². The van der Waals surface area contributed by atoms with Crippen molar-refractivity contribution in [2.75, 3.05) is 46.3 Å². The molecule has 0 atom stereocenters. The van der Waals surface area contributed by atoms with Crippen LogP contribution in [0.15, 0.2) is 47.1 Å². The van der Waals surface area contributed by atoms with Gasteiger partial charge in [-0.1, -0.05) is 6.07 Å². The number of carbonyl (C=O) groups excluding carboxylic acids is 2. The first kappa shape index (κ1) is 22.7. The van der Waals surface area contributed by atoms with Gasteiger partial charge >= 0.3 is 5.97 Å². The van der Waals surface area contributed by atoms with Crippen LogP contribution in [-0.2, 0) is 19.1 Å². The molecule has 0 radical (unpaired) electrons. The van der Waals surface area contributed by atoms with Gasteiger partial charge in [0.15, 0.2) is 35.3 Å². The molecule has 1 saturated heterocycles. The number of hydrogen-bond donors (Lipinski definition) is 0. The molecule has 3 heterocycles. The molecule has 0 unspecified atom stereocenters. The fourth-order valence-corrected chi connectivity index (χ4v) is 3.77. The van der Waals surface area contributed by atoms with Gasteiger partial charge in [0, 0.05) is 18.7 Å². The van der Waals surface area contributed by atoms with Crippen LogP contribution in [0.2, 0.25) is 0 Å². The van der Waals surface area contributed by atoms with Gasteiger partial charge in [-0.15, -0.1) is 0 Å². The Labute approximate surface area is 201 Å². The summed E-state index contributed by atoms with van der Waals surface area (Å²) in [7, 11) is 0. The molecule has 2 aromatic carbocycles. The number of morpholine rings is 1. The molecule has 3 aliphatic heterocycles. The summed E-state index contributed by atoms with van der Waals surface area (Å²) in [6.07, 6.45) is 1.60. The molecule has 0 aliphatic carbocycles. The third-order valence-electron chi connectivity index (χ3n) is 5.53. The maximum Gasteiger partial charge on any atom is 0.363 e. The minimum absolute atomic E-state index is 0.101. The Morgan fingerprint density at radius 1 is 1.06 bits per heavy atom. The van der Waals surface area contributed by atoms with Crippen molar-refractivity contribution in [3.05, 3.63) is 53.2 Å². The molecule has 0 aromatic heterocycles. The summed E-state index contributed by atoms with van der Waals surface area (Å²) in [4.78, 5) is 30.9. The van der Waals surface area contributed by atoms with Crippen LogP contribution in [0, 0.1) is 0 Å². The van der Waals surface area contributed by atoms with Gasteiger partial charge in [-0.25, -0.2) is 9.79 Å². The summed E-state index contributed by atoms with van der Waals surface area (Å²) in [6, 6.07) is 10.4. The molecule has 0 N–H and O–H groups in total. The average Bonchev–Trinajstić information content (AvgIpc) is 3.50. The second-order valence-electron chi connectivity index (χ2n) is 7.83. The lowest BCUT2D eigenvalue weighted by atomic mass is 10.1. The topological polar surface area (TPSA) is 105 Å². The van der Waals surface area contributed by atoms with E-state index in [1.54, 1.807) is 47.4 Å². The smallest absolute Gasteiger partial charge is 0.363 e. The summed E-state index contributed by atoms with van der Waals surface area (Å²) < 4.78 is 32.8. The molecule has 182 valence electrons. The normalized spacial score (nSPS) is 17.9. The highest BCUT2D eigenvalue weighted by molar-refractivity contribution is 6.13. The maximum atomic E-state index is 12.4. The second-order valence-corrected chi connectivity index (χ2v) is 7.83. The second kappa shape index (κ2) is 10.1. The number of rotatable bonds is 7. The van der Waals surface area contributed by atoms with E-state index in [1.807, 2.05) is 6.92 Å². The molecule has 10 nitrogen and oxygen atoms in total. The van der Waals surface area contributed by atoms with Crippen molar-refractivity contribution in [2.24, 2.45) is 4.99 Å². The van der Waals surface area contributed by atoms with Crippen molar-refractivity contribution in [3.63, 3.8) is 0 Å². The van der Waals surface area contributed by atoms with Crippen molar-refractivity contribution in [1.82, 2.24) is 4.90 Å². The van der Waals surface area contributed by atoms with Crippen molar-refractivity contribution < 1.29 is 38.0 Å². The maximum absolute atomic E-state index is 12.4. The van der Waals surface area contributed by atoms with Crippen LogP contribution in [0.1, 0.15) is 18.1 Å². The number of nitrogens with zero attached hydrogens (tertiary/aromatic N) is 2. The van der Waals surface area contributed by atoms with E-state index in [0.29, 0.717) is 67.0 Å². The van der Waals surface area contributed by atoms with Crippen LogP contribution >= 0.6 is 0 Å². The Bertz CT molecular complexity index is 1200. The lowest BCUT2D eigenvalue weighted by Crippen LogP contribution is -2.43. The highest BCUT2D eigenvalue weighted by Gasteiger charge is 2.26. The SMILES string of the molecule is CCOc1cc(C=C2N=C(c3ccc4c(c3)OCO4)OC2=O)ccc1OCC(=O)N1CCOCC1. The summed E-state index contributed by atoms with van der Waals surface area (Å²) in [5, 5.41) is 0. The van der Waals surface area contributed by atoms with E-state index >= 15 is 0 Å². The summed E-state index contributed by atoms with van der Waals surface area (Å²) in [5.74, 6) is 1.62.